The van der Waals surface area contributed by atoms with Gasteiger partial charge in [0.15, 0.2) is 0 Å². The lowest BCUT2D eigenvalue weighted by Crippen LogP contribution is -2.22. The van der Waals surface area contributed by atoms with E-state index >= 15 is 0 Å². The third kappa shape index (κ3) is 3.83. The normalized spacial score (nSPS) is 11.6. The lowest BCUT2D eigenvalue weighted by Gasteiger charge is -2.01. The van der Waals surface area contributed by atoms with Crippen LogP contribution in [0.5, 0.6) is 0 Å². The van der Waals surface area contributed by atoms with E-state index in [2.05, 4.69) is 30.9 Å². The highest BCUT2D eigenvalue weighted by molar-refractivity contribution is 5.89. The van der Waals surface area contributed by atoms with Crippen molar-refractivity contribution < 1.29 is 9.72 Å². The van der Waals surface area contributed by atoms with Gasteiger partial charge in [0.05, 0.1) is 22.3 Å². The van der Waals surface area contributed by atoms with E-state index in [1.165, 1.54) is 0 Å². The van der Waals surface area contributed by atoms with Crippen LogP contribution < -0.4 is 5.43 Å². The van der Waals surface area contributed by atoms with Crippen molar-refractivity contribution >= 4 is 28.5 Å². The zero-order valence-electron chi connectivity index (χ0n) is 13.2. The lowest BCUT2D eigenvalue weighted by molar-refractivity contribution is -0.394. The SMILES string of the molecule is C/C(Cn1nnc([N+](=O)[O-])n1)=N/NC(=O)Cc1c[nH]c2ccccc12. The first-order valence-electron chi connectivity index (χ1n) is 7.32. The molecule has 25 heavy (non-hydrogen) atoms. The Morgan fingerprint density at radius 2 is 2.24 bits per heavy atom. The van der Waals surface area contributed by atoms with Crippen LogP contribution in [0.1, 0.15) is 12.5 Å². The average Bonchev–Trinajstić information content (AvgIpc) is 3.21. The zero-order valence-corrected chi connectivity index (χ0v) is 13.2. The first kappa shape index (κ1) is 16.2. The van der Waals surface area contributed by atoms with Gasteiger partial charge in [-0.2, -0.15) is 5.10 Å². The number of hydrogen-bond acceptors (Lipinski definition) is 7. The van der Waals surface area contributed by atoms with Gasteiger partial charge in [-0.25, -0.2) is 5.43 Å². The summed E-state index contributed by atoms with van der Waals surface area (Å²) in [6, 6.07) is 7.69. The van der Waals surface area contributed by atoms with E-state index < -0.39 is 10.9 Å². The van der Waals surface area contributed by atoms with Gasteiger partial charge in [0.2, 0.25) is 5.91 Å². The number of aromatic nitrogens is 5. The largest absolute Gasteiger partial charge is 0.514 e. The fourth-order valence-electron chi connectivity index (χ4n) is 2.26. The summed E-state index contributed by atoms with van der Waals surface area (Å²) in [5.74, 6) is -0.863. The summed E-state index contributed by atoms with van der Waals surface area (Å²) in [5, 5.41) is 25.8. The number of rotatable bonds is 6. The van der Waals surface area contributed by atoms with E-state index in [0.29, 0.717) is 5.71 Å². The Morgan fingerprint density at radius 3 is 3.00 bits per heavy atom. The van der Waals surface area contributed by atoms with Crippen LogP contribution in [0.4, 0.5) is 5.95 Å². The number of amides is 1. The van der Waals surface area contributed by atoms with Crippen LogP contribution in [0.3, 0.4) is 0 Å². The molecule has 3 rings (SSSR count). The van der Waals surface area contributed by atoms with Gasteiger partial charge in [-0.3, -0.25) is 4.79 Å². The van der Waals surface area contributed by atoms with Crippen molar-refractivity contribution in [1.29, 1.82) is 0 Å². The molecular weight excluding hydrogens is 328 g/mol. The number of para-hydroxylation sites is 1. The zero-order chi connectivity index (χ0) is 17.8. The molecule has 0 saturated heterocycles. The molecule has 1 aromatic carbocycles. The molecular formula is C14H14N8O3. The third-order valence-corrected chi connectivity index (χ3v) is 3.37. The summed E-state index contributed by atoms with van der Waals surface area (Å²) in [6.07, 6.45) is 1.97. The number of benzene rings is 1. The molecule has 0 aliphatic heterocycles. The highest BCUT2D eigenvalue weighted by atomic mass is 16.6. The Labute approximate surface area is 140 Å². The van der Waals surface area contributed by atoms with Gasteiger partial charge in [-0.1, -0.05) is 23.0 Å². The molecule has 0 bridgehead atoms. The van der Waals surface area contributed by atoms with Gasteiger partial charge in [0, 0.05) is 22.3 Å². The number of hydrogen-bond donors (Lipinski definition) is 2. The van der Waals surface area contributed by atoms with Crippen LogP contribution in [-0.4, -0.2) is 41.7 Å². The molecule has 2 heterocycles. The average molecular weight is 342 g/mol. The Hall–Kier alpha value is -3.63. The molecule has 0 saturated carbocycles. The molecule has 2 aromatic heterocycles. The molecule has 11 nitrogen and oxygen atoms in total. The summed E-state index contributed by atoms with van der Waals surface area (Å²) in [6.45, 7) is 1.72. The minimum Gasteiger partial charge on any atom is -0.390 e. The van der Waals surface area contributed by atoms with Crippen LogP contribution in [0, 0.1) is 10.1 Å². The van der Waals surface area contributed by atoms with Gasteiger partial charge >= 0.3 is 5.95 Å². The van der Waals surface area contributed by atoms with Gasteiger partial charge in [-0.05, 0) is 23.5 Å². The molecule has 3 aromatic rings. The molecule has 0 fully saturated rings. The number of carbonyl (C=O) groups excluding carboxylic acids is 1. The molecule has 1 amide bonds. The summed E-state index contributed by atoms with van der Waals surface area (Å²) >= 11 is 0. The summed E-state index contributed by atoms with van der Waals surface area (Å²) in [7, 11) is 0. The fraction of sp³-hybridized carbons (Fsp3) is 0.214. The first-order valence-corrected chi connectivity index (χ1v) is 7.32. The van der Waals surface area contributed by atoms with Gasteiger partial charge in [0.1, 0.15) is 6.54 Å². The second kappa shape index (κ2) is 6.86. The molecule has 0 atom stereocenters. The first-order chi connectivity index (χ1) is 12.0. The maximum atomic E-state index is 12.0. The standard InChI is InChI=1S/C14H14N8O3/c1-9(8-21-19-14(18-20-21)22(24)25)16-17-13(23)6-10-7-15-12-5-3-2-4-11(10)12/h2-5,7,15H,6,8H2,1H3,(H,17,23)/b16-9-. The predicted octanol–water partition coefficient (Wildman–Crippen LogP) is 0.797. The van der Waals surface area contributed by atoms with E-state index in [1.807, 2.05) is 24.3 Å². The number of tetrazole rings is 1. The Balaban J connectivity index is 1.58. The number of nitro groups is 1. The van der Waals surface area contributed by atoms with E-state index in [-0.39, 0.29) is 18.9 Å². The van der Waals surface area contributed by atoms with Crippen molar-refractivity contribution in [1.82, 2.24) is 30.6 Å². The second-order valence-electron chi connectivity index (χ2n) is 5.30. The number of hydrazone groups is 1. The summed E-state index contributed by atoms with van der Waals surface area (Å²) in [5.41, 5.74) is 4.75. The Morgan fingerprint density at radius 1 is 1.44 bits per heavy atom. The van der Waals surface area contributed by atoms with Crippen LogP contribution in [0.2, 0.25) is 0 Å². The number of aromatic amines is 1. The highest BCUT2D eigenvalue weighted by Gasteiger charge is 2.15. The molecule has 0 spiro atoms. The van der Waals surface area contributed by atoms with Crippen molar-refractivity contribution in [3.63, 3.8) is 0 Å². The molecule has 0 radical (unpaired) electrons. The highest BCUT2D eigenvalue weighted by Crippen LogP contribution is 2.17. The van der Waals surface area contributed by atoms with Crippen LogP contribution >= 0.6 is 0 Å². The van der Waals surface area contributed by atoms with Crippen molar-refractivity contribution in [3.05, 3.63) is 46.1 Å². The van der Waals surface area contributed by atoms with Crippen molar-refractivity contribution in [2.75, 3.05) is 0 Å². The van der Waals surface area contributed by atoms with E-state index in [4.69, 9.17) is 0 Å². The molecule has 2 N–H and O–H groups in total. The number of H-pyrrole nitrogens is 1. The summed E-state index contributed by atoms with van der Waals surface area (Å²) in [4.78, 5) is 25.9. The van der Waals surface area contributed by atoms with Gasteiger partial charge in [0.25, 0.3) is 0 Å². The minimum absolute atomic E-state index is 0.0776. The maximum Gasteiger partial charge on any atom is 0.514 e. The van der Waals surface area contributed by atoms with Crippen molar-refractivity contribution in [2.24, 2.45) is 5.10 Å². The predicted molar refractivity (Wildman–Crippen MR) is 87.7 cm³/mol. The lowest BCUT2D eigenvalue weighted by atomic mass is 10.1. The molecule has 0 aliphatic rings. The molecule has 128 valence electrons. The monoisotopic (exact) mass is 342 g/mol. The molecule has 0 aliphatic carbocycles. The third-order valence-electron chi connectivity index (χ3n) is 3.37. The summed E-state index contributed by atoms with van der Waals surface area (Å²) < 4.78 is 0. The number of nitrogens with zero attached hydrogens (tertiary/aromatic N) is 6. The van der Waals surface area contributed by atoms with Gasteiger partial charge < -0.3 is 15.1 Å². The van der Waals surface area contributed by atoms with E-state index in [0.717, 1.165) is 21.3 Å². The maximum absolute atomic E-state index is 12.0. The second-order valence-corrected chi connectivity index (χ2v) is 5.30. The van der Waals surface area contributed by atoms with Crippen LogP contribution in [0.15, 0.2) is 35.6 Å². The van der Waals surface area contributed by atoms with Crippen LogP contribution in [0.25, 0.3) is 10.9 Å². The Bertz CT molecular complexity index is 958. The Kier molecular flexibility index (Phi) is 4.46. The fourth-order valence-corrected chi connectivity index (χ4v) is 2.26. The minimum atomic E-state index is -0.737. The number of fused-ring (bicyclic) bond motifs is 1. The quantitative estimate of drug-likeness (QED) is 0.385. The van der Waals surface area contributed by atoms with E-state index in [1.54, 1.807) is 13.1 Å². The van der Waals surface area contributed by atoms with Crippen LogP contribution in [-0.2, 0) is 17.8 Å². The molecule has 11 heteroatoms. The van der Waals surface area contributed by atoms with E-state index in [9.17, 15) is 14.9 Å². The topological polar surface area (TPSA) is 144 Å². The van der Waals surface area contributed by atoms with Crippen molar-refractivity contribution in [2.45, 2.75) is 19.9 Å². The number of nitrogens with one attached hydrogen (secondary N) is 2. The van der Waals surface area contributed by atoms with Crippen molar-refractivity contribution in [3.8, 4) is 0 Å². The smallest absolute Gasteiger partial charge is 0.390 e. The van der Waals surface area contributed by atoms with Gasteiger partial charge in [-0.15, -0.1) is 0 Å². The number of carbonyl (C=O) groups is 1. The molecule has 0 unspecified atom stereocenters.